The highest BCUT2D eigenvalue weighted by molar-refractivity contribution is 5.89. The summed E-state index contributed by atoms with van der Waals surface area (Å²) >= 11 is 0. The first-order chi connectivity index (χ1) is 27.9. The quantitative estimate of drug-likeness (QED) is 0.117. The molecule has 2 aromatic heterocycles. The highest BCUT2D eigenvalue weighted by Crippen LogP contribution is 2.52. The zero-order valence-corrected chi connectivity index (χ0v) is 33.9. The number of hydrogen-bond donors (Lipinski definition) is 4. The van der Waals surface area contributed by atoms with Gasteiger partial charge in [-0.05, 0) is 96.4 Å². The Morgan fingerprint density at radius 3 is 1.86 bits per heavy atom. The second-order valence-corrected chi connectivity index (χ2v) is 16.7. The molecule has 4 heterocycles. The van der Waals surface area contributed by atoms with Crippen LogP contribution in [0.2, 0.25) is 0 Å². The van der Waals surface area contributed by atoms with E-state index in [2.05, 4.69) is 69.1 Å². The zero-order chi connectivity index (χ0) is 40.9. The second-order valence-electron chi connectivity index (χ2n) is 16.7. The molecule has 1 aliphatic carbocycles. The summed E-state index contributed by atoms with van der Waals surface area (Å²) in [4.78, 5) is 72.6. The summed E-state index contributed by atoms with van der Waals surface area (Å²) in [5, 5.41) is 5.47. The van der Waals surface area contributed by atoms with Gasteiger partial charge in [-0.3, -0.25) is 9.59 Å². The number of methoxy groups -OCH3 is 2. The van der Waals surface area contributed by atoms with E-state index in [-0.39, 0.29) is 29.7 Å². The minimum Gasteiger partial charge on any atom is -0.453 e. The second kappa shape index (κ2) is 15.4. The Morgan fingerprint density at radius 1 is 0.741 bits per heavy atom. The van der Waals surface area contributed by atoms with Crippen molar-refractivity contribution in [3.63, 3.8) is 0 Å². The maximum absolute atomic E-state index is 14.0. The summed E-state index contributed by atoms with van der Waals surface area (Å²) in [5.74, 6) is 1.47. The molecule has 2 bridgehead atoms. The first kappa shape index (κ1) is 38.9. The molecule has 14 heteroatoms. The van der Waals surface area contributed by atoms with E-state index in [0.29, 0.717) is 19.0 Å². The number of carbonyl (C=O) groups is 4. The molecule has 2 aliphatic heterocycles. The molecule has 2 saturated heterocycles. The molecule has 304 valence electrons. The SMILES string of the molecule is COC(=O)N[C@H](C(=O)N1CCCC1c1nc2ccc(-c3ccc(-c4ccc5nc(C67CCC(CN6C(=O)[C@@H](NC(=O)OC)C(C)C)C7)[nH]c5c4)cc3)cc2[nH]1)C(C)C. The number of H-pyrrole nitrogens is 2. The third kappa shape index (κ3) is 7.02. The van der Waals surface area contributed by atoms with Crippen molar-refractivity contribution in [3.8, 4) is 22.3 Å². The fraction of sp³-hybridized carbons (Fsp3) is 0.455. The molecule has 3 unspecified atom stereocenters. The molecule has 3 aliphatic rings. The molecule has 14 nitrogen and oxygen atoms in total. The van der Waals surface area contributed by atoms with E-state index in [1.54, 1.807) is 0 Å². The van der Waals surface area contributed by atoms with Crippen molar-refractivity contribution < 1.29 is 28.7 Å². The maximum atomic E-state index is 14.0. The van der Waals surface area contributed by atoms with E-state index in [0.717, 1.165) is 88.1 Å². The van der Waals surface area contributed by atoms with Gasteiger partial charge in [0.1, 0.15) is 29.3 Å². The van der Waals surface area contributed by atoms with Crippen molar-refractivity contribution in [2.24, 2.45) is 17.8 Å². The van der Waals surface area contributed by atoms with Crippen LogP contribution in [0.4, 0.5) is 9.59 Å². The van der Waals surface area contributed by atoms with Crippen LogP contribution in [0, 0.1) is 17.8 Å². The molecule has 8 rings (SSSR count). The third-order valence-electron chi connectivity index (χ3n) is 12.4. The standard InChI is InChI=1S/C44H52N8O6/c1-24(2)36(49-42(55)57-5)39(53)51-19-7-8-35(51)38-45-31-15-13-29(20-33(31)46-38)27-9-11-28(12-10-27)30-14-16-32-34(21-30)48-41(47-32)44-18-17-26(22-44)23-52(44)40(54)37(25(3)4)50-43(56)58-6/h9-16,20-21,24-26,35-37H,7-8,17-19,22-23H2,1-6H3,(H,45,46)(H,47,48)(H,49,55)(H,50,56)/t26?,35?,36-,37-,44?/m0/s1. The van der Waals surface area contributed by atoms with E-state index in [1.807, 2.05) is 49.6 Å². The van der Waals surface area contributed by atoms with Crippen molar-refractivity contribution in [2.45, 2.75) is 83.5 Å². The van der Waals surface area contributed by atoms with Gasteiger partial charge in [-0.25, -0.2) is 19.6 Å². The molecule has 0 radical (unpaired) electrons. The number of piperidine rings is 1. The number of imidazole rings is 2. The number of nitrogens with zero attached hydrogens (tertiary/aromatic N) is 4. The van der Waals surface area contributed by atoms with Gasteiger partial charge in [0.05, 0.1) is 42.3 Å². The summed E-state index contributed by atoms with van der Waals surface area (Å²) in [6, 6.07) is 19.2. The summed E-state index contributed by atoms with van der Waals surface area (Å²) in [5.41, 5.74) is 7.12. The Kier molecular flexibility index (Phi) is 10.4. The number of carbonyl (C=O) groups excluding carboxylic acids is 4. The molecule has 4 N–H and O–H groups in total. The minimum absolute atomic E-state index is 0.102. The van der Waals surface area contributed by atoms with Crippen LogP contribution in [0.15, 0.2) is 60.7 Å². The summed E-state index contributed by atoms with van der Waals surface area (Å²) in [6.45, 7) is 8.90. The number of likely N-dealkylation sites (tertiary alicyclic amines) is 2. The first-order valence-electron chi connectivity index (χ1n) is 20.3. The molecule has 5 atom stereocenters. The van der Waals surface area contributed by atoms with Crippen molar-refractivity contribution in [3.05, 3.63) is 72.3 Å². The van der Waals surface area contributed by atoms with Gasteiger partial charge in [0.2, 0.25) is 11.8 Å². The van der Waals surface area contributed by atoms with E-state index in [4.69, 9.17) is 19.4 Å². The van der Waals surface area contributed by atoms with E-state index >= 15 is 0 Å². The normalized spacial score (nSPS) is 21.2. The molecule has 5 aromatic rings. The van der Waals surface area contributed by atoms with Crippen LogP contribution in [0.3, 0.4) is 0 Å². The van der Waals surface area contributed by atoms with Gasteiger partial charge in [-0.1, -0.05) is 64.1 Å². The van der Waals surface area contributed by atoms with Crippen LogP contribution in [0.25, 0.3) is 44.3 Å². The number of benzene rings is 3. The smallest absolute Gasteiger partial charge is 0.407 e. The number of hydrogen-bond acceptors (Lipinski definition) is 8. The lowest BCUT2D eigenvalue weighted by Crippen LogP contribution is -2.56. The van der Waals surface area contributed by atoms with Gasteiger partial charge >= 0.3 is 12.2 Å². The minimum atomic E-state index is -0.692. The van der Waals surface area contributed by atoms with E-state index < -0.39 is 29.8 Å². The lowest BCUT2D eigenvalue weighted by atomic mass is 9.93. The lowest BCUT2D eigenvalue weighted by molar-refractivity contribution is -0.140. The Morgan fingerprint density at radius 2 is 1.29 bits per heavy atom. The predicted molar refractivity (Wildman–Crippen MR) is 219 cm³/mol. The molecule has 4 amide bonds. The van der Waals surface area contributed by atoms with Crippen LogP contribution >= 0.6 is 0 Å². The lowest BCUT2D eigenvalue weighted by Gasteiger charge is -2.40. The van der Waals surface area contributed by atoms with Crippen LogP contribution in [0.1, 0.15) is 77.5 Å². The van der Waals surface area contributed by atoms with Crippen molar-refractivity contribution in [2.75, 3.05) is 27.3 Å². The third-order valence-corrected chi connectivity index (χ3v) is 12.4. The van der Waals surface area contributed by atoms with Gasteiger partial charge in [-0.15, -0.1) is 0 Å². The highest BCUT2D eigenvalue weighted by atomic mass is 16.5. The average molecular weight is 789 g/mol. The predicted octanol–water partition coefficient (Wildman–Crippen LogP) is 7.04. The van der Waals surface area contributed by atoms with Crippen LogP contribution < -0.4 is 10.6 Å². The monoisotopic (exact) mass is 788 g/mol. The number of ether oxygens (including phenoxy) is 2. The Balaban J connectivity index is 1.000. The molecular formula is C44H52N8O6. The van der Waals surface area contributed by atoms with Crippen LogP contribution in [-0.4, -0.2) is 93.1 Å². The Hall–Kier alpha value is -5.92. The largest absolute Gasteiger partial charge is 0.453 e. The molecule has 58 heavy (non-hydrogen) atoms. The van der Waals surface area contributed by atoms with Gasteiger partial charge in [0.15, 0.2) is 0 Å². The van der Waals surface area contributed by atoms with Crippen molar-refractivity contribution in [1.82, 2.24) is 40.4 Å². The first-order valence-corrected chi connectivity index (χ1v) is 20.3. The van der Waals surface area contributed by atoms with Crippen LogP contribution in [-0.2, 0) is 24.6 Å². The number of fused-ring (bicyclic) bond motifs is 4. The number of amides is 4. The van der Waals surface area contributed by atoms with Gasteiger partial charge in [0.25, 0.3) is 0 Å². The van der Waals surface area contributed by atoms with Crippen molar-refractivity contribution in [1.29, 1.82) is 0 Å². The Bertz CT molecular complexity index is 2370. The number of aromatic nitrogens is 4. The van der Waals surface area contributed by atoms with Crippen LogP contribution in [0.5, 0.6) is 0 Å². The molecular weight excluding hydrogens is 737 g/mol. The summed E-state index contributed by atoms with van der Waals surface area (Å²) in [6.07, 6.45) is 3.08. The summed E-state index contributed by atoms with van der Waals surface area (Å²) < 4.78 is 9.61. The molecule has 3 fully saturated rings. The van der Waals surface area contributed by atoms with Gasteiger partial charge in [0, 0.05) is 13.1 Å². The maximum Gasteiger partial charge on any atom is 0.407 e. The van der Waals surface area contributed by atoms with Crippen molar-refractivity contribution >= 4 is 46.1 Å². The number of nitrogens with one attached hydrogen (secondary N) is 4. The Labute approximate surface area is 337 Å². The van der Waals surface area contributed by atoms with Gasteiger partial charge < -0.3 is 39.9 Å². The number of alkyl carbamates (subject to hydrolysis) is 2. The zero-order valence-electron chi connectivity index (χ0n) is 33.9. The van der Waals surface area contributed by atoms with E-state index in [1.165, 1.54) is 14.2 Å². The van der Waals surface area contributed by atoms with Gasteiger partial charge in [-0.2, -0.15) is 0 Å². The fourth-order valence-corrected chi connectivity index (χ4v) is 9.29. The van der Waals surface area contributed by atoms with E-state index in [9.17, 15) is 19.2 Å². The number of aromatic amines is 2. The molecule has 3 aromatic carbocycles. The average Bonchev–Trinajstić information content (AvgIpc) is 4.08. The fourth-order valence-electron chi connectivity index (χ4n) is 9.29. The summed E-state index contributed by atoms with van der Waals surface area (Å²) in [7, 11) is 2.60. The number of rotatable bonds is 10. The topological polar surface area (TPSA) is 175 Å². The molecule has 0 spiro atoms. The highest BCUT2D eigenvalue weighted by Gasteiger charge is 2.56. The molecule has 1 saturated carbocycles.